The van der Waals surface area contributed by atoms with E-state index in [2.05, 4.69) is 26.1 Å². The number of amides is 1. The van der Waals surface area contributed by atoms with E-state index in [1.165, 1.54) is 0 Å². The summed E-state index contributed by atoms with van der Waals surface area (Å²) in [5.74, 6) is -0.0411. The maximum Gasteiger partial charge on any atom is 0.354 e. The molecule has 0 saturated carbocycles. The molecule has 3 N–H and O–H groups in total. The lowest BCUT2D eigenvalue weighted by Gasteiger charge is -2.10. The highest BCUT2D eigenvalue weighted by molar-refractivity contribution is 5.80. The maximum absolute atomic E-state index is 11.8. The van der Waals surface area contributed by atoms with Crippen molar-refractivity contribution in [2.24, 2.45) is 0 Å². The number of hydrogen-bond donors (Lipinski definition) is 3. The van der Waals surface area contributed by atoms with Gasteiger partial charge in [0.15, 0.2) is 6.61 Å². The number of benzene rings is 1. The van der Waals surface area contributed by atoms with Crippen molar-refractivity contribution >= 4 is 23.2 Å². The minimum absolute atomic E-state index is 0.0646. The van der Waals surface area contributed by atoms with Crippen LogP contribution in [0.3, 0.4) is 0 Å². The number of carbonyl (C=O) groups is 1. The van der Waals surface area contributed by atoms with Gasteiger partial charge in [-0.15, -0.1) is 0 Å². The Balaban J connectivity index is 1.97. The van der Waals surface area contributed by atoms with Crippen molar-refractivity contribution in [2.45, 2.75) is 6.92 Å². The predicted octanol–water partition coefficient (Wildman–Crippen LogP) is 1.34. The molecule has 2 aromatic rings. The molecule has 0 unspecified atom stereocenters. The van der Waals surface area contributed by atoms with Gasteiger partial charge in [-0.05, 0) is 19.1 Å². The third kappa shape index (κ3) is 4.53. The molecule has 0 bridgehead atoms. The van der Waals surface area contributed by atoms with Crippen molar-refractivity contribution in [1.82, 2.24) is 15.4 Å². The molecule has 1 aromatic heterocycles. The highest BCUT2D eigenvalue weighted by Gasteiger charge is 2.22. The van der Waals surface area contributed by atoms with Gasteiger partial charge in [-0.2, -0.15) is 0 Å². The van der Waals surface area contributed by atoms with Crippen molar-refractivity contribution in [3.8, 4) is 5.75 Å². The molecule has 0 saturated heterocycles. The highest BCUT2D eigenvalue weighted by atomic mass is 16.6. The largest absolute Gasteiger partial charge is 0.484 e. The molecule has 24 heavy (non-hydrogen) atoms. The van der Waals surface area contributed by atoms with Crippen LogP contribution in [-0.2, 0) is 4.79 Å². The van der Waals surface area contributed by atoms with Crippen LogP contribution >= 0.6 is 0 Å². The van der Waals surface area contributed by atoms with E-state index in [0.29, 0.717) is 12.3 Å². The van der Waals surface area contributed by atoms with Crippen molar-refractivity contribution in [3.05, 3.63) is 46.8 Å². The zero-order chi connectivity index (χ0) is 17.4. The molecule has 126 valence electrons. The molecule has 0 atom stereocenters. The quantitative estimate of drug-likeness (QED) is 0.487. The predicted molar refractivity (Wildman–Crippen MR) is 86.6 cm³/mol. The molecular formula is C14H16N6O4. The molecule has 0 fully saturated rings. The summed E-state index contributed by atoms with van der Waals surface area (Å²) in [4.78, 5) is 29.9. The summed E-state index contributed by atoms with van der Waals surface area (Å²) in [5, 5.41) is 13.9. The van der Waals surface area contributed by atoms with E-state index < -0.39 is 10.8 Å². The Morgan fingerprint density at radius 3 is 2.62 bits per heavy atom. The Hall–Kier alpha value is -3.43. The van der Waals surface area contributed by atoms with Gasteiger partial charge in [0.2, 0.25) is 11.6 Å². The summed E-state index contributed by atoms with van der Waals surface area (Å²) >= 11 is 0. The number of ether oxygens (including phenoxy) is 1. The Bertz CT molecular complexity index is 710. The lowest BCUT2D eigenvalue weighted by atomic mass is 10.3. The zero-order valence-electron chi connectivity index (χ0n) is 12.9. The highest BCUT2D eigenvalue weighted by Crippen LogP contribution is 2.27. The van der Waals surface area contributed by atoms with E-state index in [9.17, 15) is 14.9 Å². The van der Waals surface area contributed by atoms with E-state index in [1.54, 1.807) is 31.2 Å². The van der Waals surface area contributed by atoms with Crippen molar-refractivity contribution < 1.29 is 14.5 Å². The number of hydrogen-bond acceptors (Lipinski definition) is 8. The van der Waals surface area contributed by atoms with Gasteiger partial charge in [0.25, 0.3) is 5.91 Å². The van der Waals surface area contributed by atoms with Crippen molar-refractivity contribution in [3.63, 3.8) is 0 Å². The molecule has 0 spiro atoms. The molecule has 0 aliphatic carbocycles. The van der Waals surface area contributed by atoms with Crippen molar-refractivity contribution in [1.29, 1.82) is 0 Å². The van der Waals surface area contributed by atoms with Gasteiger partial charge in [-0.1, -0.05) is 18.2 Å². The first-order valence-corrected chi connectivity index (χ1v) is 7.07. The van der Waals surface area contributed by atoms with Crippen LogP contribution in [0.2, 0.25) is 0 Å². The van der Waals surface area contributed by atoms with Gasteiger partial charge in [-0.25, -0.2) is 9.97 Å². The van der Waals surface area contributed by atoms with Crippen LogP contribution in [-0.4, -0.2) is 34.0 Å². The zero-order valence-corrected chi connectivity index (χ0v) is 12.9. The molecule has 2 rings (SSSR count). The summed E-state index contributed by atoms with van der Waals surface area (Å²) in [5.41, 5.74) is 4.36. The molecule has 10 heteroatoms. The van der Waals surface area contributed by atoms with Crippen LogP contribution in [0.15, 0.2) is 36.7 Å². The Labute approximate surface area is 137 Å². The monoisotopic (exact) mass is 332 g/mol. The first-order chi connectivity index (χ1) is 11.6. The third-order valence-corrected chi connectivity index (χ3v) is 2.78. The van der Waals surface area contributed by atoms with Crippen molar-refractivity contribution in [2.75, 3.05) is 23.9 Å². The minimum Gasteiger partial charge on any atom is -0.484 e. The van der Waals surface area contributed by atoms with Gasteiger partial charge in [0.1, 0.15) is 12.1 Å². The normalized spacial score (nSPS) is 9.88. The second kappa shape index (κ2) is 8.27. The van der Waals surface area contributed by atoms with Crippen LogP contribution in [0.5, 0.6) is 5.75 Å². The van der Waals surface area contributed by atoms with E-state index in [-0.39, 0.29) is 23.9 Å². The Kier molecular flexibility index (Phi) is 5.83. The Morgan fingerprint density at radius 2 is 1.96 bits per heavy atom. The molecule has 1 heterocycles. The van der Waals surface area contributed by atoms with Gasteiger partial charge >= 0.3 is 5.69 Å². The topological polar surface area (TPSA) is 131 Å². The summed E-state index contributed by atoms with van der Waals surface area (Å²) in [7, 11) is 0. The number of para-hydroxylation sites is 1. The van der Waals surface area contributed by atoms with Gasteiger partial charge < -0.3 is 10.1 Å². The molecule has 0 radical (unpaired) electrons. The summed E-state index contributed by atoms with van der Waals surface area (Å²) in [6.45, 7) is 1.98. The van der Waals surface area contributed by atoms with Crippen LogP contribution in [0.1, 0.15) is 6.92 Å². The molecule has 10 nitrogen and oxygen atoms in total. The number of anilines is 2. The van der Waals surface area contributed by atoms with Gasteiger partial charge in [0, 0.05) is 6.54 Å². The first-order valence-electron chi connectivity index (χ1n) is 7.07. The number of hydrazine groups is 1. The van der Waals surface area contributed by atoms with Crippen LogP contribution in [0.4, 0.5) is 17.3 Å². The lowest BCUT2D eigenvalue weighted by Crippen LogP contribution is -2.34. The second-order valence-corrected chi connectivity index (χ2v) is 4.48. The average Bonchev–Trinajstić information content (AvgIpc) is 2.59. The van der Waals surface area contributed by atoms with E-state index in [4.69, 9.17) is 4.74 Å². The smallest absolute Gasteiger partial charge is 0.354 e. The molecule has 0 aliphatic heterocycles. The third-order valence-electron chi connectivity index (χ3n) is 2.78. The van der Waals surface area contributed by atoms with E-state index >= 15 is 0 Å². The standard InChI is InChI=1S/C14H16N6O4/c1-2-15-13-12(20(22)23)14(17-9-16-13)19-18-11(21)8-24-10-6-4-3-5-7-10/h3-7,9H,2,8H2,1H3,(H,18,21)(H2,15,16,17,19). The van der Waals surface area contributed by atoms with Crippen LogP contribution in [0, 0.1) is 10.1 Å². The van der Waals surface area contributed by atoms with E-state index in [0.717, 1.165) is 6.33 Å². The lowest BCUT2D eigenvalue weighted by molar-refractivity contribution is -0.383. The second-order valence-electron chi connectivity index (χ2n) is 4.48. The fourth-order valence-corrected chi connectivity index (χ4v) is 1.77. The number of aromatic nitrogens is 2. The van der Waals surface area contributed by atoms with Crippen LogP contribution < -0.4 is 20.9 Å². The number of rotatable bonds is 8. The van der Waals surface area contributed by atoms with Gasteiger partial charge in [-0.3, -0.25) is 25.8 Å². The SMILES string of the molecule is CCNc1ncnc(NNC(=O)COc2ccccc2)c1[N+](=O)[O-]. The number of nitrogens with one attached hydrogen (secondary N) is 3. The minimum atomic E-state index is -0.632. The summed E-state index contributed by atoms with van der Waals surface area (Å²) < 4.78 is 5.27. The summed E-state index contributed by atoms with van der Waals surface area (Å²) in [6.07, 6.45) is 1.15. The maximum atomic E-state index is 11.8. The molecular weight excluding hydrogens is 316 g/mol. The molecule has 0 aliphatic rings. The average molecular weight is 332 g/mol. The fraction of sp³-hybridized carbons (Fsp3) is 0.214. The molecule has 1 aromatic carbocycles. The first kappa shape index (κ1) is 16.9. The molecule has 1 amide bonds. The van der Waals surface area contributed by atoms with Gasteiger partial charge in [0.05, 0.1) is 4.92 Å². The Morgan fingerprint density at radius 1 is 1.25 bits per heavy atom. The number of nitro groups is 1. The van der Waals surface area contributed by atoms with E-state index in [1.807, 2.05) is 6.07 Å². The van der Waals surface area contributed by atoms with Crippen LogP contribution in [0.25, 0.3) is 0 Å². The fourth-order valence-electron chi connectivity index (χ4n) is 1.77. The number of carbonyl (C=O) groups excluding carboxylic acids is 1. The number of nitrogens with zero attached hydrogens (tertiary/aromatic N) is 3. The summed E-state index contributed by atoms with van der Waals surface area (Å²) in [6, 6.07) is 8.79.